The summed E-state index contributed by atoms with van der Waals surface area (Å²) in [5, 5.41) is 6.63. The topological polar surface area (TPSA) is 61.4 Å². The Bertz CT molecular complexity index is 614. The highest BCUT2D eigenvalue weighted by atomic mass is 16.2. The number of piperidine rings is 1. The number of benzene rings is 1. The van der Waals surface area contributed by atoms with Crippen molar-refractivity contribution in [3.05, 3.63) is 30.3 Å². The lowest BCUT2D eigenvalue weighted by Gasteiger charge is -2.35. The molecule has 27 heavy (non-hydrogen) atoms. The van der Waals surface area contributed by atoms with E-state index in [1.54, 1.807) is 0 Å². The molecule has 1 unspecified atom stereocenters. The first-order chi connectivity index (χ1) is 12.7. The minimum absolute atomic E-state index is 0.00134. The number of carbonyl (C=O) groups is 2. The first-order valence-electron chi connectivity index (χ1n) is 10.1. The van der Waals surface area contributed by atoms with E-state index in [0.29, 0.717) is 25.6 Å². The summed E-state index contributed by atoms with van der Waals surface area (Å²) in [5.41, 5.74) is 0.710. The van der Waals surface area contributed by atoms with Gasteiger partial charge in [-0.05, 0) is 30.9 Å². The molecule has 1 atom stereocenters. The molecule has 1 aromatic carbocycles. The van der Waals surface area contributed by atoms with E-state index in [9.17, 15) is 9.59 Å². The van der Waals surface area contributed by atoms with Gasteiger partial charge in [0.25, 0.3) is 0 Å². The minimum atomic E-state index is -0.358. The normalized spacial score (nSPS) is 16.9. The van der Waals surface area contributed by atoms with Crippen molar-refractivity contribution in [1.82, 2.24) is 10.2 Å². The zero-order valence-electron chi connectivity index (χ0n) is 17.4. The van der Waals surface area contributed by atoms with Crippen LogP contribution in [0, 0.1) is 17.3 Å². The average Bonchev–Trinajstić information content (AvgIpc) is 2.64. The van der Waals surface area contributed by atoms with Crippen LogP contribution in [0.4, 0.5) is 5.69 Å². The van der Waals surface area contributed by atoms with Gasteiger partial charge in [0.15, 0.2) is 0 Å². The van der Waals surface area contributed by atoms with E-state index < -0.39 is 0 Å². The number of para-hydroxylation sites is 1. The molecule has 2 N–H and O–H groups in total. The Kier molecular flexibility index (Phi) is 7.28. The minimum Gasteiger partial charge on any atom is -0.380 e. The van der Waals surface area contributed by atoms with Crippen LogP contribution in [-0.4, -0.2) is 42.4 Å². The highest BCUT2D eigenvalue weighted by molar-refractivity contribution is 5.82. The van der Waals surface area contributed by atoms with E-state index in [2.05, 4.69) is 24.5 Å². The fourth-order valence-electron chi connectivity index (χ4n) is 3.38. The fraction of sp³-hybridized carbons (Fsp3) is 0.636. The van der Waals surface area contributed by atoms with Crippen LogP contribution in [0.5, 0.6) is 0 Å². The molecule has 1 saturated heterocycles. The lowest BCUT2D eigenvalue weighted by atomic mass is 9.90. The van der Waals surface area contributed by atoms with Crippen molar-refractivity contribution >= 4 is 17.5 Å². The van der Waals surface area contributed by atoms with Crippen LogP contribution in [0.3, 0.4) is 0 Å². The van der Waals surface area contributed by atoms with Gasteiger partial charge in [-0.3, -0.25) is 9.59 Å². The van der Waals surface area contributed by atoms with Gasteiger partial charge in [0.05, 0.1) is 0 Å². The third-order valence-corrected chi connectivity index (χ3v) is 5.22. The Hall–Kier alpha value is -2.04. The maximum Gasteiger partial charge on any atom is 0.227 e. The number of anilines is 1. The second-order valence-corrected chi connectivity index (χ2v) is 8.92. The van der Waals surface area contributed by atoms with Crippen molar-refractivity contribution in [2.75, 3.05) is 25.0 Å². The van der Waals surface area contributed by atoms with Gasteiger partial charge < -0.3 is 15.5 Å². The number of carbonyl (C=O) groups excluding carboxylic acids is 2. The maximum atomic E-state index is 12.6. The van der Waals surface area contributed by atoms with E-state index in [4.69, 9.17) is 0 Å². The molecule has 1 aliphatic heterocycles. The molecule has 0 spiro atoms. The molecule has 5 nitrogen and oxygen atoms in total. The Morgan fingerprint density at radius 2 is 1.70 bits per heavy atom. The first kappa shape index (κ1) is 21.3. The monoisotopic (exact) mass is 373 g/mol. The van der Waals surface area contributed by atoms with E-state index in [0.717, 1.165) is 18.5 Å². The van der Waals surface area contributed by atoms with Crippen LogP contribution in [0.1, 0.15) is 47.5 Å². The zero-order chi connectivity index (χ0) is 20.0. The Morgan fingerprint density at radius 1 is 1.11 bits per heavy atom. The molecule has 1 fully saturated rings. The molecule has 0 radical (unpaired) electrons. The summed E-state index contributed by atoms with van der Waals surface area (Å²) in [7, 11) is 0. The van der Waals surface area contributed by atoms with Crippen molar-refractivity contribution in [3.63, 3.8) is 0 Å². The predicted molar refractivity (Wildman–Crippen MR) is 110 cm³/mol. The summed E-state index contributed by atoms with van der Waals surface area (Å²) in [6.45, 7) is 12.1. The number of hydrogen-bond acceptors (Lipinski definition) is 3. The molecule has 2 rings (SSSR count). The maximum absolute atomic E-state index is 12.6. The van der Waals surface area contributed by atoms with Gasteiger partial charge in [-0.25, -0.2) is 0 Å². The molecule has 0 saturated carbocycles. The van der Waals surface area contributed by atoms with Crippen LogP contribution in [-0.2, 0) is 9.59 Å². The molecular weight excluding hydrogens is 338 g/mol. The molecule has 1 aliphatic rings. The number of likely N-dealkylation sites (tertiary alicyclic amines) is 1. The number of nitrogens with zero attached hydrogens (tertiary/aromatic N) is 1. The SMILES string of the molecule is CC(C)C(CNC(=O)C1CCN(C(=O)C(C)(C)C)CC1)Nc1ccccc1. The molecule has 1 aromatic rings. The third kappa shape index (κ3) is 6.26. The van der Waals surface area contributed by atoms with Crippen molar-refractivity contribution in [3.8, 4) is 0 Å². The molecule has 5 heteroatoms. The molecule has 0 bridgehead atoms. The van der Waals surface area contributed by atoms with E-state index in [1.165, 1.54) is 0 Å². The number of hydrogen-bond donors (Lipinski definition) is 2. The second kappa shape index (κ2) is 9.25. The van der Waals surface area contributed by atoms with E-state index in [1.807, 2.05) is 56.0 Å². The van der Waals surface area contributed by atoms with Crippen molar-refractivity contribution < 1.29 is 9.59 Å². The summed E-state index contributed by atoms with van der Waals surface area (Å²) in [4.78, 5) is 26.9. The Labute approximate surface area is 163 Å². The standard InChI is InChI=1S/C22H35N3O2/c1-16(2)19(24-18-9-7-6-8-10-18)15-23-20(26)17-11-13-25(14-12-17)21(27)22(3,4)5/h6-10,16-17,19,24H,11-15H2,1-5H3,(H,23,26). The Morgan fingerprint density at radius 3 is 2.22 bits per heavy atom. The van der Waals surface area contributed by atoms with Crippen LogP contribution in [0.15, 0.2) is 30.3 Å². The second-order valence-electron chi connectivity index (χ2n) is 8.92. The van der Waals surface area contributed by atoms with Gasteiger partial charge in [-0.2, -0.15) is 0 Å². The predicted octanol–water partition coefficient (Wildman–Crippen LogP) is 3.52. The largest absolute Gasteiger partial charge is 0.380 e. The molecule has 2 amide bonds. The zero-order valence-corrected chi connectivity index (χ0v) is 17.4. The number of nitrogens with one attached hydrogen (secondary N) is 2. The average molecular weight is 374 g/mol. The molecule has 0 aromatic heterocycles. The molecule has 150 valence electrons. The Balaban J connectivity index is 1.82. The quantitative estimate of drug-likeness (QED) is 0.802. The summed E-state index contributed by atoms with van der Waals surface area (Å²) >= 11 is 0. The van der Waals surface area contributed by atoms with Gasteiger partial charge in [-0.15, -0.1) is 0 Å². The molecule has 0 aliphatic carbocycles. The van der Waals surface area contributed by atoms with Gasteiger partial charge in [0.1, 0.15) is 0 Å². The lowest BCUT2D eigenvalue weighted by molar-refractivity contribution is -0.142. The number of rotatable bonds is 6. The lowest BCUT2D eigenvalue weighted by Crippen LogP contribution is -2.48. The number of amides is 2. The van der Waals surface area contributed by atoms with Crippen molar-refractivity contribution in [2.45, 2.75) is 53.5 Å². The molecule has 1 heterocycles. The fourth-order valence-corrected chi connectivity index (χ4v) is 3.38. The third-order valence-electron chi connectivity index (χ3n) is 5.22. The van der Waals surface area contributed by atoms with Crippen LogP contribution in [0.2, 0.25) is 0 Å². The summed E-state index contributed by atoms with van der Waals surface area (Å²) in [5.74, 6) is 0.682. The highest BCUT2D eigenvalue weighted by Gasteiger charge is 2.32. The van der Waals surface area contributed by atoms with Gasteiger partial charge in [0.2, 0.25) is 11.8 Å². The molecular formula is C22H35N3O2. The summed E-state index contributed by atoms with van der Waals surface area (Å²) in [6.07, 6.45) is 1.48. The van der Waals surface area contributed by atoms with Crippen LogP contribution in [0.25, 0.3) is 0 Å². The van der Waals surface area contributed by atoms with Crippen LogP contribution >= 0.6 is 0 Å². The van der Waals surface area contributed by atoms with E-state index in [-0.39, 0.29) is 29.2 Å². The summed E-state index contributed by atoms with van der Waals surface area (Å²) in [6, 6.07) is 10.3. The van der Waals surface area contributed by atoms with Gasteiger partial charge >= 0.3 is 0 Å². The smallest absolute Gasteiger partial charge is 0.227 e. The highest BCUT2D eigenvalue weighted by Crippen LogP contribution is 2.23. The summed E-state index contributed by atoms with van der Waals surface area (Å²) < 4.78 is 0. The van der Waals surface area contributed by atoms with Crippen molar-refractivity contribution in [1.29, 1.82) is 0 Å². The van der Waals surface area contributed by atoms with E-state index >= 15 is 0 Å². The van der Waals surface area contributed by atoms with Crippen molar-refractivity contribution in [2.24, 2.45) is 17.3 Å². The first-order valence-corrected chi connectivity index (χ1v) is 10.1. The van der Waals surface area contributed by atoms with Gasteiger partial charge in [-0.1, -0.05) is 52.8 Å². The van der Waals surface area contributed by atoms with Gasteiger partial charge in [0, 0.05) is 42.7 Å². The van der Waals surface area contributed by atoms with Crippen LogP contribution < -0.4 is 10.6 Å².